The average Bonchev–Trinajstić information content (AvgIpc) is 2.93. The molecule has 26 heavy (non-hydrogen) atoms. The summed E-state index contributed by atoms with van der Waals surface area (Å²) in [4.78, 5) is 23.5. The molecule has 5 nitrogen and oxygen atoms in total. The summed E-state index contributed by atoms with van der Waals surface area (Å²) < 4.78 is 4.63. The number of ether oxygens (including phenoxy) is 1. The van der Waals surface area contributed by atoms with Gasteiger partial charge in [-0.25, -0.2) is 0 Å². The van der Waals surface area contributed by atoms with E-state index < -0.39 is 0 Å². The average molecular weight is 399 g/mol. The third-order valence-corrected chi connectivity index (χ3v) is 5.95. The summed E-state index contributed by atoms with van der Waals surface area (Å²) in [6.45, 7) is 0. The first-order valence-corrected chi connectivity index (χ1v) is 10.1. The largest absolute Gasteiger partial charge is 0.468 e. The van der Waals surface area contributed by atoms with E-state index in [-0.39, 0.29) is 24.3 Å². The summed E-state index contributed by atoms with van der Waals surface area (Å²) in [6, 6.07) is 9.07. The number of hydrogen-bond acceptors (Lipinski definition) is 5. The molecule has 2 bridgehead atoms. The Morgan fingerprint density at radius 1 is 1.27 bits per heavy atom. The Labute approximate surface area is 165 Å². The van der Waals surface area contributed by atoms with Crippen molar-refractivity contribution in [3.05, 3.63) is 29.8 Å². The number of benzene rings is 1. The van der Waals surface area contributed by atoms with E-state index in [4.69, 9.17) is 0 Å². The monoisotopic (exact) mass is 398 g/mol. The van der Waals surface area contributed by atoms with Gasteiger partial charge in [-0.15, -0.1) is 24.2 Å². The lowest BCUT2D eigenvalue weighted by Gasteiger charge is -2.28. The van der Waals surface area contributed by atoms with Gasteiger partial charge in [0.2, 0.25) is 5.91 Å². The number of methoxy groups -OCH3 is 1. The summed E-state index contributed by atoms with van der Waals surface area (Å²) in [6.07, 6.45) is 5.36. The molecule has 1 amide bonds. The first-order valence-electron chi connectivity index (χ1n) is 8.92. The SMILES string of the molecule is COC(=O)CSCc1cccc(NC(=O)CC2CC3CCC(C2)N3)c1.Cl. The molecular formula is C19H27ClN2O3S. The normalized spacial score (nSPS) is 23.8. The van der Waals surface area contributed by atoms with Crippen molar-refractivity contribution in [3.63, 3.8) is 0 Å². The van der Waals surface area contributed by atoms with Gasteiger partial charge in [0.25, 0.3) is 0 Å². The molecule has 2 atom stereocenters. The second kappa shape index (κ2) is 10.2. The van der Waals surface area contributed by atoms with Gasteiger partial charge < -0.3 is 15.4 Å². The second-order valence-corrected chi connectivity index (χ2v) is 7.98. The van der Waals surface area contributed by atoms with Crippen molar-refractivity contribution in [2.24, 2.45) is 5.92 Å². The fraction of sp³-hybridized carbons (Fsp3) is 0.579. The number of amides is 1. The number of rotatable bonds is 7. The molecule has 0 aromatic heterocycles. The fourth-order valence-electron chi connectivity index (χ4n) is 3.87. The highest BCUT2D eigenvalue weighted by atomic mass is 35.5. The standard InChI is InChI=1S/C19H26N2O3S.ClH/c1-24-19(23)12-25-11-13-3-2-4-15(7-13)21-18(22)10-14-8-16-5-6-17(9-14)20-16;/h2-4,7,14,16-17,20H,5-6,8-12H2,1H3,(H,21,22);1H. The Morgan fingerprint density at radius 3 is 2.69 bits per heavy atom. The number of esters is 1. The molecule has 2 unspecified atom stereocenters. The van der Waals surface area contributed by atoms with E-state index in [0.717, 1.165) is 29.8 Å². The van der Waals surface area contributed by atoms with Crippen molar-refractivity contribution in [2.75, 3.05) is 18.2 Å². The zero-order chi connectivity index (χ0) is 17.6. The van der Waals surface area contributed by atoms with E-state index in [1.54, 1.807) is 0 Å². The number of fused-ring (bicyclic) bond motifs is 2. The molecule has 2 fully saturated rings. The number of anilines is 1. The molecule has 0 spiro atoms. The molecule has 2 aliphatic heterocycles. The van der Waals surface area contributed by atoms with E-state index in [1.807, 2.05) is 24.3 Å². The van der Waals surface area contributed by atoms with Gasteiger partial charge in [-0.2, -0.15) is 0 Å². The Hall–Kier alpha value is -1.24. The van der Waals surface area contributed by atoms with Crippen LogP contribution in [0, 0.1) is 5.92 Å². The number of carbonyl (C=O) groups is 2. The van der Waals surface area contributed by atoms with Crippen molar-refractivity contribution in [1.82, 2.24) is 5.32 Å². The van der Waals surface area contributed by atoms with Gasteiger partial charge in [-0.3, -0.25) is 9.59 Å². The zero-order valence-electron chi connectivity index (χ0n) is 15.0. The summed E-state index contributed by atoms with van der Waals surface area (Å²) >= 11 is 1.51. The predicted molar refractivity (Wildman–Crippen MR) is 108 cm³/mol. The van der Waals surface area contributed by atoms with Crippen LogP contribution in [0.25, 0.3) is 0 Å². The van der Waals surface area contributed by atoms with Crippen molar-refractivity contribution >= 4 is 41.7 Å². The zero-order valence-corrected chi connectivity index (χ0v) is 16.7. The van der Waals surface area contributed by atoms with Crippen molar-refractivity contribution in [3.8, 4) is 0 Å². The molecule has 3 rings (SSSR count). The summed E-state index contributed by atoms with van der Waals surface area (Å²) in [5, 5.41) is 6.65. The molecule has 2 heterocycles. The third kappa shape index (κ3) is 6.18. The highest BCUT2D eigenvalue weighted by Gasteiger charge is 2.34. The molecule has 1 aromatic carbocycles. The first kappa shape index (κ1) is 21.1. The molecule has 2 saturated heterocycles. The van der Waals surface area contributed by atoms with E-state index in [0.29, 0.717) is 30.2 Å². The second-order valence-electron chi connectivity index (χ2n) is 7.00. The summed E-state index contributed by atoms with van der Waals surface area (Å²) in [5.41, 5.74) is 1.92. The van der Waals surface area contributed by atoms with Crippen LogP contribution in [0.3, 0.4) is 0 Å². The van der Waals surface area contributed by atoms with Crippen LogP contribution in [0.5, 0.6) is 0 Å². The molecule has 2 N–H and O–H groups in total. The fourth-order valence-corrected chi connectivity index (χ4v) is 4.67. The third-order valence-electron chi connectivity index (χ3n) is 4.97. The van der Waals surface area contributed by atoms with Crippen LogP contribution in [0.4, 0.5) is 5.69 Å². The summed E-state index contributed by atoms with van der Waals surface area (Å²) in [5.74, 6) is 1.44. The van der Waals surface area contributed by atoms with Gasteiger partial charge in [0.1, 0.15) is 0 Å². The minimum absolute atomic E-state index is 0. The van der Waals surface area contributed by atoms with Gasteiger partial charge in [0, 0.05) is 29.9 Å². The van der Waals surface area contributed by atoms with Crippen LogP contribution in [0.15, 0.2) is 24.3 Å². The van der Waals surface area contributed by atoms with Gasteiger partial charge in [0.15, 0.2) is 0 Å². The van der Waals surface area contributed by atoms with Gasteiger partial charge >= 0.3 is 5.97 Å². The molecule has 0 saturated carbocycles. The maximum atomic E-state index is 12.4. The van der Waals surface area contributed by atoms with Crippen molar-refractivity contribution in [1.29, 1.82) is 0 Å². The Balaban J connectivity index is 0.00000243. The highest BCUT2D eigenvalue weighted by molar-refractivity contribution is 7.99. The predicted octanol–water partition coefficient (Wildman–Crippen LogP) is 3.37. The molecule has 144 valence electrons. The Kier molecular flexibility index (Phi) is 8.25. The maximum Gasteiger partial charge on any atom is 0.315 e. The van der Waals surface area contributed by atoms with Gasteiger partial charge in [0.05, 0.1) is 12.9 Å². The molecule has 7 heteroatoms. The lowest BCUT2D eigenvalue weighted by atomic mass is 9.89. The number of piperidine rings is 1. The van der Waals surface area contributed by atoms with Crippen LogP contribution in [0.2, 0.25) is 0 Å². The van der Waals surface area contributed by atoms with Crippen LogP contribution >= 0.6 is 24.2 Å². The lowest BCUT2D eigenvalue weighted by molar-refractivity contribution is -0.137. The van der Waals surface area contributed by atoms with Crippen LogP contribution in [-0.2, 0) is 20.1 Å². The Bertz CT molecular complexity index is 617. The smallest absolute Gasteiger partial charge is 0.315 e. The van der Waals surface area contributed by atoms with Crippen molar-refractivity contribution < 1.29 is 14.3 Å². The van der Waals surface area contributed by atoms with Crippen molar-refractivity contribution in [2.45, 2.75) is 49.9 Å². The molecule has 2 aliphatic rings. The number of thioether (sulfide) groups is 1. The van der Waals surface area contributed by atoms with Crippen LogP contribution < -0.4 is 10.6 Å². The van der Waals surface area contributed by atoms with E-state index in [9.17, 15) is 9.59 Å². The number of hydrogen-bond donors (Lipinski definition) is 2. The maximum absolute atomic E-state index is 12.4. The van der Waals surface area contributed by atoms with Gasteiger partial charge in [-0.05, 0) is 49.3 Å². The number of halogens is 1. The molecule has 1 aromatic rings. The molecular weight excluding hydrogens is 372 g/mol. The first-order chi connectivity index (χ1) is 12.1. The van der Waals surface area contributed by atoms with E-state index in [2.05, 4.69) is 15.4 Å². The highest BCUT2D eigenvalue weighted by Crippen LogP contribution is 2.32. The van der Waals surface area contributed by atoms with E-state index in [1.165, 1.54) is 31.7 Å². The molecule has 0 radical (unpaired) electrons. The summed E-state index contributed by atoms with van der Waals surface area (Å²) in [7, 11) is 1.40. The van der Waals surface area contributed by atoms with Crippen LogP contribution in [-0.4, -0.2) is 36.8 Å². The molecule has 0 aliphatic carbocycles. The van der Waals surface area contributed by atoms with E-state index >= 15 is 0 Å². The minimum Gasteiger partial charge on any atom is -0.468 e. The quantitative estimate of drug-likeness (QED) is 0.689. The number of nitrogens with one attached hydrogen (secondary N) is 2. The minimum atomic E-state index is -0.217. The van der Waals surface area contributed by atoms with Crippen LogP contribution in [0.1, 0.15) is 37.7 Å². The Morgan fingerprint density at radius 2 is 2.00 bits per heavy atom. The lowest BCUT2D eigenvalue weighted by Crippen LogP contribution is -2.39. The number of carbonyl (C=O) groups excluding carboxylic acids is 2. The van der Waals surface area contributed by atoms with Gasteiger partial charge in [-0.1, -0.05) is 12.1 Å². The topological polar surface area (TPSA) is 67.4 Å².